The van der Waals surface area contributed by atoms with E-state index < -0.39 is 0 Å². The minimum atomic E-state index is -0.105. The summed E-state index contributed by atoms with van der Waals surface area (Å²) in [6, 6.07) is 20.7. The van der Waals surface area contributed by atoms with Crippen molar-refractivity contribution in [3.05, 3.63) is 82.9 Å². The first-order chi connectivity index (χ1) is 15.4. The summed E-state index contributed by atoms with van der Waals surface area (Å²) in [5.41, 5.74) is 3.66. The van der Waals surface area contributed by atoms with Crippen molar-refractivity contribution >= 4 is 67.5 Å². The van der Waals surface area contributed by atoms with E-state index in [9.17, 15) is 9.59 Å². The van der Waals surface area contributed by atoms with Crippen molar-refractivity contribution in [3.63, 3.8) is 0 Å². The van der Waals surface area contributed by atoms with Crippen molar-refractivity contribution in [2.45, 2.75) is 18.2 Å². The van der Waals surface area contributed by atoms with Crippen molar-refractivity contribution < 1.29 is 9.59 Å². The van der Waals surface area contributed by atoms with Gasteiger partial charge in [-0.15, -0.1) is 11.8 Å². The van der Waals surface area contributed by atoms with Gasteiger partial charge in [0.15, 0.2) is 5.13 Å². The Bertz CT molecular complexity index is 1250. The number of amides is 2. The molecular weight excluding hydrogens is 462 g/mol. The Kier molecular flexibility index (Phi) is 7.09. The lowest BCUT2D eigenvalue weighted by molar-refractivity contribution is -0.115. The number of nitrogens with one attached hydrogen (secondary N) is 2. The first-order valence-electron chi connectivity index (χ1n) is 9.89. The van der Waals surface area contributed by atoms with E-state index in [1.54, 1.807) is 12.1 Å². The number of benzene rings is 3. The number of halogens is 1. The van der Waals surface area contributed by atoms with Crippen molar-refractivity contribution in [2.24, 2.45) is 0 Å². The lowest BCUT2D eigenvalue weighted by Gasteiger charge is -2.07. The van der Waals surface area contributed by atoms with Crippen LogP contribution in [-0.4, -0.2) is 22.6 Å². The topological polar surface area (TPSA) is 71.1 Å². The molecule has 0 spiro atoms. The fourth-order valence-electron chi connectivity index (χ4n) is 3.02. The van der Waals surface area contributed by atoms with Crippen LogP contribution in [0, 0.1) is 6.92 Å². The van der Waals surface area contributed by atoms with Gasteiger partial charge >= 0.3 is 0 Å². The second kappa shape index (κ2) is 10.2. The van der Waals surface area contributed by atoms with Gasteiger partial charge in [0.2, 0.25) is 11.8 Å². The van der Waals surface area contributed by atoms with Crippen molar-refractivity contribution in [1.82, 2.24) is 4.98 Å². The summed E-state index contributed by atoms with van der Waals surface area (Å²) in [6.45, 7) is 2.03. The fourth-order valence-corrected chi connectivity index (χ4v) is 4.82. The Labute approximate surface area is 199 Å². The molecule has 8 heteroatoms. The molecule has 32 heavy (non-hydrogen) atoms. The number of rotatable bonds is 7. The molecule has 0 aliphatic carbocycles. The number of thiazole rings is 1. The summed E-state index contributed by atoms with van der Waals surface area (Å²) in [4.78, 5) is 29.9. The van der Waals surface area contributed by atoms with Crippen LogP contribution in [0.15, 0.2) is 71.6 Å². The van der Waals surface area contributed by atoms with Crippen LogP contribution in [0.25, 0.3) is 10.2 Å². The number of nitrogens with zero attached hydrogens (tertiary/aromatic N) is 1. The van der Waals surface area contributed by atoms with Crippen molar-refractivity contribution in [1.29, 1.82) is 0 Å². The first-order valence-corrected chi connectivity index (χ1v) is 12.1. The van der Waals surface area contributed by atoms with Gasteiger partial charge in [0.25, 0.3) is 0 Å². The van der Waals surface area contributed by atoms with Gasteiger partial charge in [-0.1, -0.05) is 41.1 Å². The van der Waals surface area contributed by atoms with E-state index in [0.717, 1.165) is 20.7 Å². The molecule has 4 aromatic rings. The minimum Gasteiger partial charge on any atom is -0.326 e. The van der Waals surface area contributed by atoms with Crippen LogP contribution in [0.3, 0.4) is 0 Å². The number of aromatic nitrogens is 1. The lowest BCUT2D eigenvalue weighted by Crippen LogP contribution is -2.14. The number of anilines is 2. The third-order valence-corrected chi connectivity index (χ3v) is 6.77. The molecule has 1 heterocycles. The summed E-state index contributed by atoms with van der Waals surface area (Å²) < 4.78 is 1.06. The van der Waals surface area contributed by atoms with Gasteiger partial charge in [0.05, 0.1) is 22.4 Å². The molecule has 0 saturated heterocycles. The van der Waals surface area contributed by atoms with E-state index in [4.69, 9.17) is 11.6 Å². The SMILES string of the molecule is Cc1ccc2nc(NC(=O)CSc3ccc(NC(=O)Cc4ccc(Cl)cc4)cc3)sc2c1. The van der Waals surface area contributed by atoms with Crippen LogP contribution >= 0.6 is 34.7 Å². The molecule has 0 atom stereocenters. The Morgan fingerprint density at radius 2 is 1.72 bits per heavy atom. The Hall–Kier alpha value is -2.87. The summed E-state index contributed by atoms with van der Waals surface area (Å²) in [5, 5.41) is 7.00. The highest BCUT2D eigenvalue weighted by Crippen LogP contribution is 2.27. The van der Waals surface area contributed by atoms with Crippen molar-refractivity contribution in [2.75, 3.05) is 16.4 Å². The van der Waals surface area contributed by atoms with Crippen LogP contribution in [0.2, 0.25) is 5.02 Å². The second-order valence-corrected chi connectivity index (χ2v) is 9.72. The molecule has 0 fully saturated rings. The second-order valence-electron chi connectivity index (χ2n) is 7.20. The number of hydrogen-bond donors (Lipinski definition) is 2. The van der Waals surface area contributed by atoms with Gasteiger partial charge in [-0.2, -0.15) is 0 Å². The van der Waals surface area contributed by atoms with Gasteiger partial charge in [-0.05, 0) is 66.6 Å². The molecule has 2 N–H and O–H groups in total. The van der Waals surface area contributed by atoms with E-state index in [2.05, 4.69) is 21.7 Å². The van der Waals surface area contributed by atoms with E-state index in [1.807, 2.05) is 55.5 Å². The van der Waals surface area contributed by atoms with E-state index in [1.165, 1.54) is 28.7 Å². The van der Waals surface area contributed by atoms with Gasteiger partial charge in [0, 0.05) is 15.6 Å². The quantitative estimate of drug-likeness (QED) is 0.309. The van der Waals surface area contributed by atoms with Crippen LogP contribution in [0.4, 0.5) is 10.8 Å². The maximum atomic E-state index is 12.3. The van der Waals surface area contributed by atoms with Crippen LogP contribution in [-0.2, 0) is 16.0 Å². The maximum Gasteiger partial charge on any atom is 0.236 e. The highest BCUT2D eigenvalue weighted by Gasteiger charge is 2.09. The molecule has 0 bridgehead atoms. The number of aryl methyl sites for hydroxylation is 1. The van der Waals surface area contributed by atoms with E-state index in [0.29, 0.717) is 15.8 Å². The number of fused-ring (bicyclic) bond motifs is 1. The number of hydrogen-bond acceptors (Lipinski definition) is 5. The van der Waals surface area contributed by atoms with Gasteiger partial charge < -0.3 is 10.6 Å². The fraction of sp³-hybridized carbons (Fsp3) is 0.125. The van der Waals surface area contributed by atoms with Gasteiger partial charge in [0.1, 0.15) is 0 Å². The molecule has 0 saturated carbocycles. The van der Waals surface area contributed by atoms with Crippen LogP contribution in [0.5, 0.6) is 0 Å². The zero-order valence-electron chi connectivity index (χ0n) is 17.2. The van der Waals surface area contributed by atoms with Gasteiger partial charge in [-0.25, -0.2) is 4.98 Å². The first kappa shape index (κ1) is 22.3. The number of carbonyl (C=O) groups excluding carboxylic acids is 2. The Morgan fingerprint density at radius 1 is 0.969 bits per heavy atom. The minimum absolute atomic E-state index is 0.0990. The third kappa shape index (κ3) is 6.09. The van der Waals surface area contributed by atoms with E-state index in [-0.39, 0.29) is 24.0 Å². The predicted octanol–water partition coefficient (Wildman–Crippen LogP) is 6.17. The molecule has 4 rings (SSSR count). The molecule has 2 amide bonds. The standard InChI is InChI=1S/C24H20ClN3O2S2/c1-15-2-11-20-21(12-15)32-24(27-20)28-23(30)14-31-19-9-7-18(8-10-19)26-22(29)13-16-3-5-17(25)6-4-16/h2-12H,13-14H2,1H3,(H,26,29)(H,27,28,30). The number of thioether (sulfide) groups is 1. The summed E-state index contributed by atoms with van der Waals surface area (Å²) in [6.07, 6.45) is 0.277. The zero-order valence-corrected chi connectivity index (χ0v) is 19.6. The Morgan fingerprint density at radius 3 is 2.47 bits per heavy atom. The van der Waals surface area contributed by atoms with Crippen LogP contribution < -0.4 is 10.6 Å². The molecular formula is C24H20ClN3O2S2. The number of carbonyl (C=O) groups is 2. The highest BCUT2D eigenvalue weighted by molar-refractivity contribution is 8.00. The third-order valence-electron chi connectivity index (χ3n) is 4.58. The maximum absolute atomic E-state index is 12.3. The largest absolute Gasteiger partial charge is 0.326 e. The van der Waals surface area contributed by atoms with Gasteiger partial charge in [-0.3, -0.25) is 9.59 Å². The lowest BCUT2D eigenvalue weighted by atomic mass is 10.1. The monoisotopic (exact) mass is 481 g/mol. The normalized spacial score (nSPS) is 10.8. The molecule has 1 aromatic heterocycles. The summed E-state index contributed by atoms with van der Waals surface area (Å²) >= 11 is 8.77. The predicted molar refractivity (Wildman–Crippen MR) is 134 cm³/mol. The highest BCUT2D eigenvalue weighted by atomic mass is 35.5. The Balaban J connectivity index is 1.26. The van der Waals surface area contributed by atoms with Crippen molar-refractivity contribution in [3.8, 4) is 0 Å². The molecule has 5 nitrogen and oxygen atoms in total. The molecule has 0 aliphatic rings. The molecule has 162 valence electrons. The summed E-state index contributed by atoms with van der Waals surface area (Å²) in [5.74, 6) is 0.0706. The molecule has 3 aromatic carbocycles. The smallest absolute Gasteiger partial charge is 0.236 e. The zero-order chi connectivity index (χ0) is 22.5. The van der Waals surface area contributed by atoms with E-state index >= 15 is 0 Å². The molecule has 0 radical (unpaired) electrons. The van der Waals surface area contributed by atoms with Crippen LogP contribution in [0.1, 0.15) is 11.1 Å². The molecule has 0 aliphatic heterocycles. The summed E-state index contributed by atoms with van der Waals surface area (Å²) in [7, 11) is 0. The average Bonchev–Trinajstić information content (AvgIpc) is 3.16. The molecule has 0 unspecified atom stereocenters. The average molecular weight is 482 g/mol.